The van der Waals surface area contributed by atoms with Crippen molar-refractivity contribution in [2.24, 2.45) is 0 Å². The van der Waals surface area contributed by atoms with Crippen LogP contribution in [0.25, 0.3) is 11.1 Å². The van der Waals surface area contributed by atoms with E-state index in [-0.39, 0.29) is 5.41 Å². The van der Waals surface area contributed by atoms with Gasteiger partial charge in [-0.1, -0.05) is 50.2 Å². The lowest BCUT2D eigenvalue weighted by molar-refractivity contribution is -0.108. The maximum Gasteiger partial charge on any atom is 0.710 e. The van der Waals surface area contributed by atoms with Gasteiger partial charge in [0.25, 0.3) is 0 Å². The summed E-state index contributed by atoms with van der Waals surface area (Å²) in [5, 5.41) is 20.6. The molecule has 0 saturated heterocycles. The predicted molar refractivity (Wildman–Crippen MR) is 104 cm³/mol. The molecule has 2 aromatic rings. The lowest BCUT2D eigenvalue weighted by atomic mass is 9.82. The molecule has 0 aromatic heterocycles. The average molecular weight is 354 g/mol. The zero-order valence-electron chi connectivity index (χ0n) is 16.3. The molecule has 2 aromatic carbocycles. The van der Waals surface area contributed by atoms with Gasteiger partial charge < -0.3 is 19.4 Å². The zero-order chi connectivity index (χ0) is 19.3. The van der Waals surface area contributed by atoms with Crippen LogP contribution in [0, 0.1) is 0 Å². The molecule has 0 amide bonds. The minimum atomic E-state index is -1.49. The van der Waals surface area contributed by atoms with Crippen LogP contribution < -0.4 is 4.65 Å². The van der Waals surface area contributed by atoms with Crippen molar-refractivity contribution in [3.8, 4) is 16.9 Å². The first-order valence-corrected chi connectivity index (χ1v) is 8.93. The summed E-state index contributed by atoms with van der Waals surface area (Å²) in [6, 6.07) is 14.1. The van der Waals surface area contributed by atoms with Crippen molar-refractivity contribution in [2.75, 3.05) is 0 Å². The fraction of sp³-hybridized carbons (Fsp3) is 0.429. The van der Waals surface area contributed by atoms with Crippen LogP contribution in [0.3, 0.4) is 0 Å². The number of hydrogen-bond donors (Lipinski definition) is 2. The van der Waals surface area contributed by atoms with Gasteiger partial charge in [0.05, 0.1) is 11.2 Å². The zero-order valence-corrected chi connectivity index (χ0v) is 16.3. The van der Waals surface area contributed by atoms with Gasteiger partial charge in [-0.3, -0.25) is 0 Å². The highest BCUT2D eigenvalue weighted by Gasteiger charge is 2.42. The summed E-state index contributed by atoms with van der Waals surface area (Å²) in [6.45, 7) is 11.1. The second-order valence-electron chi connectivity index (χ2n) is 8.46. The van der Waals surface area contributed by atoms with Crippen LogP contribution in [-0.2, 0) is 10.1 Å². The molecule has 4 nitrogen and oxygen atoms in total. The molecule has 0 radical (unpaired) electrons. The Balaban J connectivity index is 1.95. The van der Waals surface area contributed by atoms with Crippen molar-refractivity contribution in [3.63, 3.8) is 0 Å². The first-order valence-electron chi connectivity index (χ1n) is 8.93. The minimum Gasteiger partial charge on any atom is -0.511 e. The lowest BCUT2D eigenvalue weighted by Crippen LogP contribution is -2.51. The Kier molecular flexibility index (Phi) is 4.46. The third-order valence-electron chi connectivity index (χ3n) is 5.67. The molecular formula is C21H27BO4. The van der Waals surface area contributed by atoms with Crippen molar-refractivity contribution in [1.29, 1.82) is 0 Å². The molecule has 0 atom stereocenters. The average Bonchev–Trinajstić information content (AvgIpc) is 2.75. The van der Waals surface area contributed by atoms with Gasteiger partial charge >= 0.3 is 7.32 Å². The first kappa shape index (κ1) is 19.0. The number of hydrogen-bond acceptors (Lipinski definition) is 4. The summed E-state index contributed by atoms with van der Waals surface area (Å²) in [5.41, 5.74) is 2.23. The Morgan fingerprint density at radius 2 is 1.54 bits per heavy atom. The van der Waals surface area contributed by atoms with Gasteiger partial charge in [-0.25, -0.2) is 0 Å². The summed E-state index contributed by atoms with van der Waals surface area (Å²) in [4.78, 5) is 0. The topological polar surface area (TPSA) is 58.9 Å². The number of benzene rings is 2. The summed E-state index contributed by atoms with van der Waals surface area (Å²) in [5.74, 6) is 0.569. The van der Waals surface area contributed by atoms with Crippen LogP contribution in [0.4, 0.5) is 0 Å². The molecule has 138 valence electrons. The normalized spacial score (nSPS) is 15.4. The van der Waals surface area contributed by atoms with E-state index < -0.39 is 18.5 Å². The van der Waals surface area contributed by atoms with Gasteiger partial charge in [0.2, 0.25) is 0 Å². The van der Waals surface area contributed by atoms with E-state index in [2.05, 4.69) is 32.0 Å². The van der Waals surface area contributed by atoms with Gasteiger partial charge in [-0.05, 0) is 50.5 Å². The Bertz CT molecular complexity index is 821. The van der Waals surface area contributed by atoms with Crippen molar-refractivity contribution in [3.05, 3.63) is 53.6 Å². The highest BCUT2D eigenvalue weighted by atomic mass is 16.7. The van der Waals surface area contributed by atoms with Gasteiger partial charge in [-0.15, -0.1) is 0 Å². The van der Waals surface area contributed by atoms with E-state index in [0.717, 1.165) is 16.7 Å². The largest absolute Gasteiger partial charge is 0.710 e. The van der Waals surface area contributed by atoms with Crippen LogP contribution in [0.2, 0.25) is 0 Å². The molecule has 0 bridgehead atoms. The smallest absolute Gasteiger partial charge is 0.511 e. The molecule has 0 saturated carbocycles. The van der Waals surface area contributed by atoms with Crippen molar-refractivity contribution >= 4 is 7.32 Å². The van der Waals surface area contributed by atoms with E-state index in [4.69, 9.17) is 9.31 Å². The van der Waals surface area contributed by atoms with Crippen LogP contribution >= 0.6 is 0 Å². The summed E-state index contributed by atoms with van der Waals surface area (Å²) in [7, 11) is -1.49. The van der Waals surface area contributed by atoms with E-state index in [9.17, 15) is 10.1 Å². The second kappa shape index (κ2) is 6.12. The van der Waals surface area contributed by atoms with E-state index >= 15 is 0 Å². The van der Waals surface area contributed by atoms with Gasteiger partial charge in [0.1, 0.15) is 5.75 Å². The Morgan fingerprint density at radius 1 is 0.923 bits per heavy atom. The number of aliphatic hydroxyl groups is 1. The van der Waals surface area contributed by atoms with Crippen molar-refractivity contribution in [2.45, 2.75) is 58.2 Å². The fourth-order valence-electron chi connectivity index (χ4n) is 3.35. The Labute approximate surface area is 156 Å². The van der Waals surface area contributed by atoms with E-state index in [1.54, 1.807) is 27.7 Å². The molecule has 1 aliphatic carbocycles. The highest BCUT2D eigenvalue weighted by molar-refractivity contribution is 6.36. The van der Waals surface area contributed by atoms with Gasteiger partial charge in [-0.2, -0.15) is 0 Å². The molecule has 5 heteroatoms. The van der Waals surface area contributed by atoms with Crippen molar-refractivity contribution in [1.82, 2.24) is 0 Å². The maximum absolute atomic E-state index is 10.4. The number of fused-ring (bicyclic) bond motifs is 3. The van der Waals surface area contributed by atoms with Crippen LogP contribution in [-0.4, -0.2) is 28.7 Å². The van der Waals surface area contributed by atoms with Crippen molar-refractivity contribution < 1.29 is 19.4 Å². The van der Waals surface area contributed by atoms with E-state index in [1.165, 1.54) is 5.56 Å². The highest BCUT2D eigenvalue weighted by Crippen LogP contribution is 2.52. The molecule has 0 heterocycles. The maximum atomic E-state index is 10.4. The van der Waals surface area contributed by atoms with E-state index in [1.807, 2.05) is 24.3 Å². The summed E-state index contributed by atoms with van der Waals surface area (Å²) in [6.07, 6.45) is 0. The Morgan fingerprint density at radius 3 is 2.19 bits per heavy atom. The minimum absolute atomic E-state index is 0.135. The van der Waals surface area contributed by atoms with Crippen LogP contribution in [0.5, 0.6) is 5.75 Å². The van der Waals surface area contributed by atoms with Crippen LogP contribution in [0.1, 0.15) is 52.7 Å². The van der Waals surface area contributed by atoms with Gasteiger partial charge in [0.15, 0.2) is 0 Å². The third-order valence-corrected chi connectivity index (χ3v) is 5.67. The monoisotopic (exact) mass is 354 g/mol. The molecule has 0 unspecified atom stereocenters. The molecule has 0 fully saturated rings. The fourth-order valence-corrected chi connectivity index (χ4v) is 3.35. The molecular weight excluding hydrogens is 327 g/mol. The first-order chi connectivity index (χ1) is 11.9. The molecule has 1 aliphatic rings. The molecule has 0 spiro atoms. The summed E-state index contributed by atoms with van der Waals surface area (Å²) >= 11 is 0. The summed E-state index contributed by atoms with van der Waals surface area (Å²) < 4.78 is 11.3. The van der Waals surface area contributed by atoms with Crippen LogP contribution in [0.15, 0.2) is 42.5 Å². The molecule has 2 N–H and O–H groups in total. The SMILES string of the molecule is CC1(C)c2ccccc2-c2c(OB(O)OC(C)(C)C(C)(C)O)cccc21. The molecule has 26 heavy (non-hydrogen) atoms. The molecule has 0 aliphatic heterocycles. The predicted octanol–water partition coefficient (Wildman–Crippen LogP) is 3.92. The standard InChI is InChI=1S/C21H27BO4/c1-19(2)15-11-8-7-10-14(15)18-16(19)12-9-13-17(18)25-22(24)26-21(5,6)20(3,4)23/h7-13,23-24H,1-6H3. The number of rotatable bonds is 5. The Hall–Kier alpha value is -1.82. The quantitative estimate of drug-likeness (QED) is 0.800. The molecule has 3 rings (SSSR count). The second-order valence-corrected chi connectivity index (χ2v) is 8.46. The van der Waals surface area contributed by atoms with Gasteiger partial charge in [0, 0.05) is 11.0 Å². The lowest BCUT2D eigenvalue weighted by Gasteiger charge is -2.37. The van der Waals surface area contributed by atoms with E-state index in [0.29, 0.717) is 5.75 Å². The third kappa shape index (κ3) is 3.04.